The monoisotopic (exact) mass is 179 g/mol. The van der Waals surface area contributed by atoms with Gasteiger partial charge in [-0.1, -0.05) is 0 Å². The van der Waals surface area contributed by atoms with Gasteiger partial charge in [0.05, 0.1) is 12.6 Å². The maximum atomic E-state index is 9.24. The van der Waals surface area contributed by atoms with Crippen LogP contribution in [0.1, 0.15) is 0 Å². The minimum absolute atomic E-state index is 0.446. The second-order valence-corrected chi connectivity index (χ2v) is 2.81. The van der Waals surface area contributed by atoms with E-state index in [9.17, 15) is 5.11 Å². The molecule has 6 nitrogen and oxygen atoms in total. The van der Waals surface area contributed by atoms with Crippen molar-refractivity contribution in [2.24, 2.45) is 5.73 Å². The van der Waals surface area contributed by atoms with Crippen LogP contribution in [0.5, 0.6) is 0 Å². The van der Waals surface area contributed by atoms with E-state index in [1.165, 1.54) is 0 Å². The second kappa shape index (κ2) is 3.65. The predicted molar refractivity (Wildman–Crippen MR) is 38.0 cm³/mol. The molecule has 0 spiro atoms. The quantitative estimate of drug-likeness (QED) is 0.288. The van der Waals surface area contributed by atoms with Crippen molar-refractivity contribution in [2.45, 2.75) is 30.6 Å². The molecule has 5 atom stereocenters. The maximum Gasteiger partial charge on any atom is 0.183 e. The molecule has 1 fully saturated rings. The van der Waals surface area contributed by atoms with E-state index in [0.29, 0.717) is 0 Å². The fourth-order valence-corrected chi connectivity index (χ4v) is 1.13. The van der Waals surface area contributed by atoms with Crippen LogP contribution in [0.3, 0.4) is 0 Å². The molecule has 12 heavy (non-hydrogen) atoms. The number of ether oxygens (including phenoxy) is 1. The maximum absolute atomic E-state index is 9.24. The minimum atomic E-state index is -1.44. The molecule has 1 unspecified atom stereocenters. The van der Waals surface area contributed by atoms with Crippen molar-refractivity contribution >= 4 is 0 Å². The molecule has 1 heterocycles. The molecule has 1 aliphatic rings. The van der Waals surface area contributed by atoms with Gasteiger partial charge in [-0.2, -0.15) is 0 Å². The summed E-state index contributed by atoms with van der Waals surface area (Å²) in [7, 11) is 0. The van der Waals surface area contributed by atoms with E-state index in [0.717, 1.165) is 0 Å². The average molecular weight is 179 g/mol. The number of hydrogen-bond acceptors (Lipinski definition) is 6. The molecule has 0 aromatic heterocycles. The molecule has 0 aromatic carbocycles. The minimum Gasteiger partial charge on any atom is -0.394 e. The van der Waals surface area contributed by atoms with Crippen molar-refractivity contribution in [3.63, 3.8) is 0 Å². The second-order valence-electron chi connectivity index (χ2n) is 2.81. The summed E-state index contributed by atoms with van der Waals surface area (Å²) in [5, 5.41) is 36.0. The van der Waals surface area contributed by atoms with E-state index in [2.05, 4.69) is 4.74 Å². The van der Waals surface area contributed by atoms with Gasteiger partial charge in [0, 0.05) is 0 Å². The SMILES string of the molecule is N[C@H]1[C@@H](O)[C@H](CO)OC(O)[C@H]1O. The highest BCUT2D eigenvalue weighted by atomic mass is 16.6. The summed E-state index contributed by atoms with van der Waals surface area (Å²) >= 11 is 0. The summed E-state index contributed by atoms with van der Waals surface area (Å²) in [5.41, 5.74) is 5.33. The number of hydrogen-bond donors (Lipinski definition) is 5. The Morgan fingerprint density at radius 3 is 2.25 bits per heavy atom. The van der Waals surface area contributed by atoms with Gasteiger partial charge in [-0.05, 0) is 0 Å². The number of rotatable bonds is 1. The van der Waals surface area contributed by atoms with E-state index in [4.69, 9.17) is 21.1 Å². The fraction of sp³-hybridized carbons (Fsp3) is 1.00. The van der Waals surface area contributed by atoms with Crippen LogP contribution in [0.4, 0.5) is 0 Å². The van der Waals surface area contributed by atoms with Crippen molar-refractivity contribution < 1.29 is 25.2 Å². The molecule has 0 amide bonds. The van der Waals surface area contributed by atoms with Crippen LogP contribution in [0.15, 0.2) is 0 Å². The largest absolute Gasteiger partial charge is 0.394 e. The molecule has 0 bridgehead atoms. The smallest absolute Gasteiger partial charge is 0.183 e. The molecule has 1 rings (SSSR count). The topological polar surface area (TPSA) is 116 Å². The number of nitrogens with two attached hydrogens (primary N) is 1. The van der Waals surface area contributed by atoms with Gasteiger partial charge in [0.15, 0.2) is 6.29 Å². The first-order valence-electron chi connectivity index (χ1n) is 3.64. The molecular formula is C6H13NO5. The van der Waals surface area contributed by atoms with Crippen LogP contribution in [0, 0.1) is 0 Å². The van der Waals surface area contributed by atoms with Crippen LogP contribution >= 0.6 is 0 Å². The lowest BCUT2D eigenvalue weighted by Gasteiger charge is -2.38. The molecular weight excluding hydrogens is 166 g/mol. The van der Waals surface area contributed by atoms with Crippen LogP contribution in [-0.4, -0.2) is 57.7 Å². The normalized spacial score (nSPS) is 49.2. The Morgan fingerprint density at radius 1 is 1.17 bits per heavy atom. The number of aliphatic hydroxyl groups is 4. The third kappa shape index (κ3) is 1.58. The zero-order valence-corrected chi connectivity index (χ0v) is 6.37. The highest BCUT2D eigenvalue weighted by Crippen LogP contribution is 2.17. The third-order valence-electron chi connectivity index (χ3n) is 1.96. The fourth-order valence-electron chi connectivity index (χ4n) is 1.13. The number of aliphatic hydroxyl groups excluding tert-OH is 4. The highest BCUT2D eigenvalue weighted by Gasteiger charge is 2.41. The molecule has 0 aliphatic carbocycles. The molecule has 6 heteroatoms. The Labute approximate surface area is 69.2 Å². The average Bonchev–Trinajstić information content (AvgIpc) is 2.08. The summed E-state index contributed by atoms with van der Waals surface area (Å²) in [4.78, 5) is 0. The van der Waals surface area contributed by atoms with Gasteiger partial charge in [0.25, 0.3) is 0 Å². The van der Waals surface area contributed by atoms with Gasteiger partial charge in [0.2, 0.25) is 0 Å². The lowest BCUT2D eigenvalue weighted by atomic mass is 9.97. The van der Waals surface area contributed by atoms with Gasteiger partial charge in [-0.25, -0.2) is 0 Å². The van der Waals surface area contributed by atoms with Crippen LogP contribution in [-0.2, 0) is 4.74 Å². The van der Waals surface area contributed by atoms with E-state index in [1.807, 2.05) is 0 Å². The Balaban J connectivity index is 2.63. The summed E-state index contributed by atoms with van der Waals surface area (Å²) in [6.45, 7) is -0.446. The van der Waals surface area contributed by atoms with E-state index in [1.54, 1.807) is 0 Å². The first-order chi connectivity index (χ1) is 5.57. The predicted octanol–water partition coefficient (Wildman–Crippen LogP) is -3.25. The zero-order chi connectivity index (χ0) is 9.30. The van der Waals surface area contributed by atoms with Crippen LogP contribution in [0.25, 0.3) is 0 Å². The summed E-state index contributed by atoms with van der Waals surface area (Å²) in [6, 6.07) is -0.995. The first-order valence-corrected chi connectivity index (χ1v) is 3.64. The molecule has 72 valence electrons. The Morgan fingerprint density at radius 2 is 1.75 bits per heavy atom. The van der Waals surface area contributed by atoms with Crippen LogP contribution < -0.4 is 5.73 Å². The lowest BCUT2D eigenvalue weighted by Crippen LogP contribution is -2.62. The van der Waals surface area contributed by atoms with Crippen LogP contribution in [0.2, 0.25) is 0 Å². The first kappa shape index (κ1) is 9.85. The van der Waals surface area contributed by atoms with Crippen molar-refractivity contribution in [2.75, 3.05) is 6.61 Å². The van der Waals surface area contributed by atoms with E-state index in [-0.39, 0.29) is 0 Å². The third-order valence-corrected chi connectivity index (χ3v) is 1.96. The molecule has 1 aliphatic heterocycles. The molecule has 6 N–H and O–H groups in total. The molecule has 0 aromatic rings. The van der Waals surface area contributed by atoms with Gasteiger partial charge >= 0.3 is 0 Å². The van der Waals surface area contributed by atoms with Crippen molar-refractivity contribution in [3.8, 4) is 0 Å². The van der Waals surface area contributed by atoms with Crippen molar-refractivity contribution in [3.05, 3.63) is 0 Å². The standard InChI is InChI=1S/C6H13NO5/c7-3-4(9)2(1-8)12-6(11)5(3)10/h2-6,8-11H,1,7H2/t2-,3-,4-,5-,6?/m0/s1. The summed E-state index contributed by atoms with van der Waals surface area (Å²) in [6.07, 6.45) is -4.85. The van der Waals surface area contributed by atoms with E-state index < -0.39 is 37.3 Å². The molecule has 1 saturated heterocycles. The van der Waals surface area contributed by atoms with Gasteiger partial charge in [-0.15, -0.1) is 0 Å². The molecule has 0 saturated carbocycles. The Bertz CT molecular complexity index is 150. The van der Waals surface area contributed by atoms with Gasteiger partial charge in [-0.3, -0.25) is 0 Å². The zero-order valence-electron chi connectivity index (χ0n) is 6.37. The Kier molecular flexibility index (Phi) is 2.99. The highest BCUT2D eigenvalue weighted by molar-refractivity contribution is 4.90. The lowest BCUT2D eigenvalue weighted by molar-refractivity contribution is -0.258. The van der Waals surface area contributed by atoms with Gasteiger partial charge in [0.1, 0.15) is 18.3 Å². The molecule has 0 radical (unpaired) electrons. The Hall–Kier alpha value is -0.240. The van der Waals surface area contributed by atoms with Gasteiger partial charge < -0.3 is 30.9 Å². The summed E-state index contributed by atoms with van der Waals surface area (Å²) in [5.74, 6) is 0. The van der Waals surface area contributed by atoms with Crippen molar-refractivity contribution in [1.82, 2.24) is 0 Å². The summed E-state index contributed by atoms with van der Waals surface area (Å²) < 4.78 is 4.66. The van der Waals surface area contributed by atoms with E-state index >= 15 is 0 Å². The van der Waals surface area contributed by atoms with Crippen molar-refractivity contribution in [1.29, 1.82) is 0 Å².